The Morgan fingerprint density at radius 3 is 2.65 bits per heavy atom. The number of ether oxygens (including phenoxy) is 1. The Labute approximate surface area is 291 Å². The maximum absolute atomic E-state index is 13.2. The second-order valence-electron chi connectivity index (χ2n) is 13.2. The van der Waals surface area contributed by atoms with Crippen LogP contribution in [-0.4, -0.2) is 60.5 Å². The van der Waals surface area contributed by atoms with E-state index in [1.54, 1.807) is 18.3 Å². The van der Waals surface area contributed by atoms with Gasteiger partial charge >= 0.3 is 6.18 Å². The Bertz CT molecular complexity index is 1750. The first-order valence-electron chi connectivity index (χ1n) is 16.0. The number of carbonyl (C=O) groups is 1. The first-order chi connectivity index (χ1) is 23.4. The van der Waals surface area contributed by atoms with Crippen LogP contribution < -0.4 is 20.1 Å². The van der Waals surface area contributed by atoms with E-state index < -0.39 is 17.5 Å². The number of aromatic nitrogens is 6. The van der Waals surface area contributed by atoms with E-state index in [0.717, 1.165) is 43.3 Å². The lowest BCUT2D eigenvalue weighted by molar-refractivity contribution is -0.190. The molecule has 6 rings (SSSR count). The number of anilines is 1. The molecule has 2 aliphatic rings. The molecule has 1 saturated heterocycles. The molecular weight excluding hydrogens is 679 g/mol. The zero-order valence-electron chi connectivity index (χ0n) is 27.0. The van der Waals surface area contributed by atoms with Gasteiger partial charge in [0.1, 0.15) is 22.3 Å². The lowest BCUT2D eigenvalue weighted by Gasteiger charge is -2.22. The van der Waals surface area contributed by atoms with Gasteiger partial charge in [-0.25, -0.2) is 24.6 Å². The third kappa shape index (κ3) is 8.81. The molecule has 49 heavy (non-hydrogen) atoms. The van der Waals surface area contributed by atoms with Crippen LogP contribution in [-0.2, 0) is 0 Å². The van der Waals surface area contributed by atoms with Gasteiger partial charge in [0, 0.05) is 47.7 Å². The second kappa shape index (κ2) is 14.5. The molecule has 1 aliphatic carbocycles. The zero-order valence-corrected chi connectivity index (χ0v) is 28.6. The highest BCUT2D eigenvalue weighted by Crippen LogP contribution is 2.59. The number of pyridine rings is 2. The Morgan fingerprint density at radius 1 is 1.16 bits per heavy atom. The fourth-order valence-electron chi connectivity index (χ4n) is 6.00. The maximum Gasteiger partial charge on any atom is 0.394 e. The number of halogens is 4. The first-order valence-corrected chi connectivity index (χ1v) is 17.2. The van der Waals surface area contributed by atoms with Crippen molar-refractivity contribution in [3.8, 4) is 11.7 Å². The molecule has 0 radical (unpaired) electrons. The summed E-state index contributed by atoms with van der Waals surface area (Å²) in [6, 6.07) is 10.1. The van der Waals surface area contributed by atoms with Crippen molar-refractivity contribution in [2.75, 3.05) is 18.5 Å². The summed E-state index contributed by atoms with van der Waals surface area (Å²) in [5, 5.41) is 11.9. The Morgan fingerprint density at radius 2 is 1.96 bits per heavy atom. The van der Waals surface area contributed by atoms with Crippen LogP contribution in [0.3, 0.4) is 0 Å². The van der Waals surface area contributed by atoms with Gasteiger partial charge in [-0.2, -0.15) is 13.2 Å². The molecule has 2 atom stereocenters. The molecule has 1 amide bonds. The van der Waals surface area contributed by atoms with Gasteiger partial charge in [-0.3, -0.25) is 9.52 Å². The first kappa shape index (κ1) is 34.9. The fraction of sp³-hybridized carbons (Fsp3) is 0.455. The zero-order chi connectivity index (χ0) is 34.6. The summed E-state index contributed by atoms with van der Waals surface area (Å²) in [7, 11) is 0. The number of hydrogen-bond donors (Lipinski definition) is 3. The minimum absolute atomic E-state index is 0.0442. The van der Waals surface area contributed by atoms with Gasteiger partial charge in [0.25, 0.3) is 5.91 Å². The van der Waals surface area contributed by atoms with Gasteiger partial charge in [-0.1, -0.05) is 17.7 Å². The summed E-state index contributed by atoms with van der Waals surface area (Å²) in [5.41, 5.74) is -0.375. The van der Waals surface area contributed by atoms with Crippen molar-refractivity contribution in [3.05, 3.63) is 77.6 Å². The van der Waals surface area contributed by atoms with Crippen LogP contribution >= 0.6 is 23.5 Å². The van der Waals surface area contributed by atoms with E-state index in [1.807, 2.05) is 24.5 Å². The highest BCUT2D eigenvalue weighted by atomic mass is 35.5. The van der Waals surface area contributed by atoms with Crippen LogP contribution in [0.1, 0.15) is 74.3 Å². The van der Waals surface area contributed by atoms with Gasteiger partial charge in [0.15, 0.2) is 5.82 Å². The van der Waals surface area contributed by atoms with Gasteiger partial charge in [-0.15, -0.1) is 5.10 Å². The predicted molar refractivity (Wildman–Crippen MR) is 180 cm³/mol. The van der Waals surface area contributed by atoms with Crippen molar-refractivity contribution >= 4 is 35.3 Å². The maximum atomic E-state index is 13.2. The summed E-state index contributed by atoms with van der Waals surface area (Å²) in [6.45, 7) is 5.35. The van der Waals surface area contributed by atoms with Crippen molar-refractivity contribution in [1.29, 1.82) is 0 Å². The predicted octanol–water partition coefficient (Wildman–Crippen LogP) is 6.98. The van der Waals surface area contributed by atoms with E-state index in [-0.39, 0.29) is 54.0 Å². The van der Waals surface area contributed by atoms with Crippen LogP contribution in [0.25, 0.3) is 5.82 Å². The highest BCUT2D eigenvalue weighted by Gasteiger charge is 2.62. The molecule has 5 heterocycles. The number of alkyl halides is 3. The SMILES string of the molecule is CC1(C)CC(CCC(Nc2cccc(SNC(=O)c3ccc(-n4ccc(OCCC5(C(F)(F)F)CC5)n4)nc3Cl)n2)c2cncnc2)CN1. The van der Waals surface area contributed by atoms with Crippen molar-refractivity contribution in [1.82, 2.24) is 39.8 Å². The summed E-state index contributed by atoms with van der Waals surface area (Å²) >= 11 is 7.43. The van der Waals surface area contributed by atoms with Gasteiger partial charge in [-0.05, 0) is 89.1 Å². The fourth-order valence-corrected chi connectivity index (χ4v) is 6.83. The quantitative estimate of drug-likeness (QED) is 0.0929. The van der Waals surface area contributed by atoms with Crippen molar-refractivity contribution < 1.29 is 22.7 Å². The second-order valence-corrected chi connectivity index (χ2v) is 14.3. The Hall–Kier alpha value is -3.95. The number of rotatable bonds is 14. The molecule has 1 saturated carbocycles. The molecule has 2 unspecified atom stereocenters. The van der Waals surface area contributed by atoms with E-state index >= 15 is 0 Å². The van der Waals surface area contributed by atoms with Gasteiger partial charge in [0.05, 0.1) is 23.6 Å². The van der Waals surface area contributed by atoms with Crippen molar-refractivity contribution in [3.63, 3.8) is 0 Å². The highest BCUT2D eigenvalue weighted by molar-refractivity contribution is 7.97. The molecule has 2 fully saturated rings. The number of carbonyl (C=O) groups excluding carboxylic acids is 1. The van der Waals surface area contributed by atoms with E-state index in [9.17, 15) is 18.0 Å². The topological polar surface area (TPSA) is 132 Å². The molecule has 4 aromatic rings. The number of nitrogens with one attached hydrogen (secondary N) is 3. The Balaban J connectivity index is 1.03. The van der Waals surface area contributed by atoms with Crippen molar-refractivity contribution in [2.24, 2.45) is 11.3 Å². The molecule has 0 bridgehead atoms. The lowest BCUT2D eigenvalue weighted by Crippen LogP contribution is -2.31. The van der Waals surface area contributed by atoms with E-state index in [1.165, 1.54) is 23.1 Å². The molecule has 1 aliphatic heterocycles. The minimum Gasteiger partial charge on any atom is -0.477 e. The molecule has 260 valence electrons. The molecule has 0 spiro atoms. The third-order valence-electron chi connectivity index (χ3n) is 8.97. The van der Waals surface area contributed by atoms with Crippen LogP contribution in [0.5, 0.6) is 5.88 Å². The molecule has 0 aromatic carbocycles. The largest absolute Gasteiger partial charge is 0.477 e. The standard InChI is InChI=1S/C33H37ClF3N9O2S/c1-31(2)16-21(17-40-31)6-8-24(22-18-38-20-39-19-22)41-25-4-3-5-28(42-25)49-45-30(47)23-7-9-26(43-29(23)34)46-14-10-27(44-46)48-15-13-32(11-12-32)33(35,36)37/h3-5,7,9-10,14,18-21,24,40H,6,8,11-13,15-17H2,1-2H3,(H,41,42)(H,45,47). The number of nitrogens with zero attached hydrogens (tertiary/aromatic N) is 6. The Kier molecular flexibility index (Phi) is 10.3. The average molecular weight is 716 g/mol. The summed E-state index contributed by atoms with van der Waals surface area (Å²) in [4.78, 5) is 30.4. The third-order valence-corrected chi connectivity index (χ3v) is 9.98. The van der Waals surface area contributed by atoms with Crippen LogP contribution in [0.2, 0.25) is 5.15 Å². The van der Waals surface area contributed by atoms with E-state index in [0.29, 0.717) is 22.6 Å². The molecule has 4 aromatic heterocycles. The van der Waals surface area contributed by atoms with Crippen LogP contribution in [0, 0.1) is 11.3 Å². The van der Waals surface area contributed by atoms with E-state index in [2.05, 4.69) is 49.3 Å². The summed E-state index contributed by atoms with van der Waals surface area (Å²) in [5.74, 6) is 1.23. The number of amides is 1. The van der Waals surface area contributed by atoms with Crippen LogP contribution in [0.15, 0.2) is 66.3 Å². The normalized spacial score (nSPS) is 18.5. The lowest BCUT2D eigenvalue weighted by atomic mass is 9.91. The molecule has 16 heteroatoms. The van der Waals surface area contributed by atoms with Crippen molar-refractivity contribution in [2.45, 2.75) is 75.2 Å². The van der Waals surface area contributed by atoms with Gasteiger partial charge < -0.3 is 15.4 Å². The monoisotopic (exact) mass is 715 g/mol. The van der Waals surface area contributed by atoms with Gasteiger partial charge in [0.2, 0.25) is 5.88 Å². The summed E-state index contributed by atoms with van der Waals surface area (Å²) < 4.78 is 49.1. The molecule has 3 N–H and O–H groups in total. The molecule has 11 nitrogen and oxygen atoms in total. The number of hydrogen-bond acceptors (Lipinski definition) is 10. The molecular formula is C33H37ClF3N9O2S. The van der Waals surface area contributed by atoms with Crippen LogP contribution in [0.4, 0.5) is 19.0 Å². The smallest absolute Gasteiger partial charge is 0.394 e. The summed E-state index contributed by atoms with van der Waals surface area (Å²) in [6.07, 6.45) is 5.61. The minimum atomic E-state index is -4.23. The van der Waals surface area contributed by atoms with E-state index in [4.69, 9.17) is 21.3 Å². The average Bonchev–Trinajstić information content (AvgIpc) is 3.60.